The summed E-state index contributed by atoms with van der Waals surface area (Å²) in [5.41, 5.74) is -0.871. The Morgan fingerprint density at radius 3 is 2.71 bits per heavy atom. The first kappa shape index (κ1) is 11.1. The third-order valence-corrected chi connectivity index (χ3v) is 2.53. The molecule has 0 aliphatic heterocycles. The van der Waals surface area contributed by atoms with Crippen LogP contribution in [0.2, 0.25) is 0 Å². The fourth-order valence-electron chi connectivity index (χ4n) is 1.67. The zero-order valence-electron chi connectivity index (χ0n) is 9.02. The maximum Gasteiger partial charge on any atom is 0.328 e. The van der Waals surface area contributed by atoms with E-state index < -0.39 is 17.2 Å². The van der Waals surface area contributed by atoms with E-state index in [2.05, 4.69) is 4.98 Å². The zero-order chi connectivity index (χ0) is 12.6. The first-order valence-corrected chi connectivity index (χ1v) is 5.03. The van der Waals surface area contributed by atoms with Gasteiger partial charge < -0.3 is 14.9 Å². The van der Waals surface area contributed by atoms with E-state index in [9.17, 15) is 19.5 Å². The fourth-order valence-corrected chi connectivity index (χ4v) is 1.67. The standard InChI is InChI=1S/C11H10N2O4/c1-2-13-9(14)7-4-3-6(10(15)16)5-8(7)12-11(13)17/h3-5H,2H2,1H3,(H,12,17)(H,15,16)/p-1. The third-order valence-electron chi connectivity index (χ3n) is 2.53. The normalized spacial score (nSPS) is 10.6. The summed E-state index contributed by atoms with van der Waals surface area (Å²) < 4.78 is 1.04. The summed E-state index contributed by atoms with van der Waals surface area (Å²) in [6.45, 7) is 1.93. The molecule has 2 rings (SSSR count). The van der Waals surface area contributed by atoms with Crippen LogP contribution in [-0.4, -0.2) is 15.5 Å². The van der Waals surface area contributed by atoms with E-state index in [1.54, 1.807) is 6.92 Å². The molecule has 88 valence electrons. The monoisotopic (exact) mass is 233 g/mol. The molecule has 0 saturated heterocycles. The summed E-state index contributed by atoms with van der Waals surface area (Å²) in [4.78, 5) is 36.5. The lowest BCUT2D eigenvalue weighted by atomic mass is 10.1. The first-order valence-electron chi connectivity index (χ1n) is 5.03. The number of aromatic amines is 1. The number of aromatic carboxylic acids is 1. The second-order valence-corrected chi connectivity index (χ2v) is 3.53. The van der Waals surface area contributed by atoms with Crippen molar-refractivity contribution in [3.05, 3.63) is 44.6 Å². The van der Waals surface area contributed by atoms with Crippen LogP contribution in [0.25, 0.3) is 10.9 Å². The molecule has 0 aliphatic carbocycles. The van der Waals surface area contributed by atoms with Crippen LogP contribution in [0.1, 0.15) is 17.3 Å². The van der Waals surface area contributed by atoms with Gasteiger partial charge in [0.15, 0.2) is 0 Å². The van der Waals surface area contributed by atoms with Crippen LogP contribution in [0.4, 0.5) is 0 Å². The van der Waals surface area contributed by atoms with Gasteiger partial charge in [0.2, 0.25) is 0 Å². The average Bonchev–Trinajstić information content (AvgIpc) is 2.28. The van der Waals surface area contributed by atoms with Crippen molar-refractivity contribution in [2.75, 3.05) is 0 Å². The van der Waals surface area contributed by atoms with Crippen molar-refractivity contribution in [1.82, 2.24) is 9.55 Å². The molecule has 1 N–H and O–H groups in total. The van der Waals surface area contributed by atoms with Gasteiger partial charge in [-0.05, 0) is 24.6 Å². The number of benzene rings is 1. The lowest BCUT2D eigenvalue weighted by molar-refractivity contribution is -0.255. The summed E-state index contributed by atoms with van der Waals surface area (Å²) in [5.74, 6) is -1.35. The van der Waals surface area contributed by atoms with Crippen molar-refractivity contribution >= 4 is 16.9 Å². The van der Waals surface area contributed by atoms with Crippen LogP contribution in [0.5, 0.6) is 0 Å². The Labute approximate surface area is 95.1 Å². The highest BCUT2D eigenvalue weighted by Gasteiger charge is 2.06. The minimum absolute atomic E-state index is 0.0817. The van der Waals surface area contributed by atoms with Crippen molar-refractivity contribution in [3.8, 4) is 0 Å². The minimum Gasteiger partial charge on any atom is -0.545 e. The minimum atomic E-state index is -1.35. The van der Waals surface area contributed by atoms with E-state index in [0.717, 1.165) is 4.57 Å². The molecule has 0 amide bonds. The number of hydrogen-bond donors (Lipinski definition) is 1. The Morgan fingerprint density at radius 2 is 2.12 bits per heavy atom. The van der Waals surface area contributed by atoms with Gasteiger partial charge in [0.25, 0.3) is 5.56 Å². The van der Waals surface area contributed by atoms with Crippen LogP contribution >= 0.6 is 0 Å². The number of nitrogens with one attached hydrogen (secondary N) is 1. The Morgan fingerprint density at radius 1 is 1.41 bits per heavy atom. The molecule has 6 heteroatoms. The van der Waals surface area contributed by atoms with Crippen molar-refractivity contribution in [2.45, 2.75) is 13.5 Å². The maximum absolute atomic E-state index is 11.8. The molecule has 6 nitrogen and oxygen atoms in total. The molecule has 0 aliphatic rings. The molecule has 1 aromatic heterocycles. The van der Waals surface area contributed by atoms with Crippen LogP contribution in [0, 0.1) is 0 Å². The zero-order valence-corrected chi connectivity index (χ0v) is 9.02. The molecule has 0 atom stereocenters. The molecule has 0 radical (unpaired) electrons. The number of carboxylic acid groups (broad SMARTS) is 1. The van der Waals surface area contributed by atoms with Crippen molar-refractivity contribution in [2.24, 2.45) is 0 Å². The predicted octanol–water partition coefficient (Wildman–Crippen LogP) is -0.927. The summed E-state index contributed by atoms with van der Waals surface area (Å²) in [6, 6.07) is 3.86. The average molecular weight is 233 g/mol. The molecule has 0 spiro atoms. The highest BCUT2D eigenvalue weighted by atomic mass is 16.4. The quantitative estimate of drug-likeness (QED) is 0.725. The topological polar surface area (TPSA) is 95.0 Å². The van der Waals surface area contributed by atoms with Crippen molar-refractivity contribution < 1.29 is 9.90 Å². The van der Waals surface area contributed by atoms with Crippen LogP contribution in [0.15, 0.2) is 27.8 Å². The summed E-state index contributed by atoms with van der Waals surface area (Å²) in [5, 5.41) is 10.9. The lowest BCUT2D eigenvalue weighted by Crippen LogP contribution is -2.34. The Balaban J connectivity index is 2.87. The van der Waals surface area contributed by atoms with E-state index in [-0.39, 0.29) is 23.0 Å². The summed E-state index contributed by atoms with van der Waals surface area (Å²) in [6.07, 6.45) is 0. The second-order valence-electron chi connectivity index (χ2n) is 3.53. The molecule has 2 aromatic rings. The van der Waals surface area contributed by atoms with E-state index >= 15 is 0 Å². The smallest absolute Gasteiger partial charge is 0.328 e. The Bertz CT molecular complexity index is 711. The van der Waals surface area contributed by atoms with Crippen molar-refractivity contribution in [3.63, 3.8) is 0 Å². The molecule has 0 unspecified atom stereocenters. The molecule has 1 aromatic carbocycles. The summed E-state index contributed by atoms with van der Waals surface area (Å²) >= 11 is 0. The number of carboxylic acids is 1. The van der Waals surface area contributed by atoms with E-state index in [1.165, 1.54) is 18.2 Å². The number of H-pyrrole nitrogens is 1. The van der Waals surface area contributed by atoms with Gasteiger partial charge in [-0.2, -0.15) is 0 Å². The molecular formula is C11H9N2O4-. The lowest BCUT2D eigenvalue weighted by Gasteiger charge is -2.06. The number of carbonyl (C=O) groups is 1. The second kappa shape index (κ2) is 3.89. The molecule has 1 heterocycles. The van der Waals surface area contributed by atoms with E-state index in [1.807, 2.05) is 0 Å². The van der Waals surface area contributed by atoms with E-state index in [4.69, 9.17) is 0 Å². The van der Waals surface area contributed by atoms with Gasteiger partial charge >= 0.3 is 5.69 Å². The highest BCUT2D eigenvalue weighted by Crippen LogP contribution is 2.08. The maximum atomic E-state index is 11.8. The van der Waals surface area contributed by atoms with Crippen molar-refractivity contribution in [1.29, 1.82) is 0 Å². The molecule has 0 saturated carbocycles. The van der Waals surface area contributed by atoms with Gasteiger partial charge in [0, 0.05) is 6.54 Å². The highest BCUT2D eigenvalue weighted by molar-refractivity contribution is 5.91. The third kappa shape index (κ3) is 1.73. The van der Waals surface area contributed by atoms with Crippen LogP contribution in [0.3, 0.4) is 0 Å². The van der Waals surface area contributed by atoms with E-state index in [0.29, 0.717) is 0 Å². The van der Waals surface area contributed by atoms with Gasteiger partial charge in [-0.15, -0.1) is 0 Å². The van der Waals surface area contributed by atoms with Gasteiger partial charge in [-0.25, -0.2) is 4.79 Å². The molecule has 0 bridgehead atoms. The van der Waals surface area contributed by atoms with Crippen LogP contribution < -0.4 is 16.4 Å². The number of carbonyl (C=O) groups excluding carboxylic acids is 1. The predicted molar refractivity (Wildman–Crippen MR) is 58.8 cm³/mol. The van der Waals surface area contributed by atoms with Crippen LogP contribution in [-0.2, 0) is 6.54 Å². The van der Waals surface area contributed by atoms with Gasteiger partial charge in [-0.3, -0.25) is 9.36 Å². The number of aromatic nitrogens is 2. The number of hydrogen-bond acceptors (Lipinski definition) is 4. The van der Waals surface area contributed by atoms with Gasteiger partial charge in [-0.1, -0.05) is 6.07 Å². The number of fused-ring (bicyclic) bond motifs is 1. The van der Waals surface area contributed by atoms with Gasteiger partial charge in [0.05, 0.1) is 16.9 Å². The summed E-state index contributed by atoms with van der Waals surface area (Å²) in [7, 11) is 0. The number of nitrogens with zero attached hydrogens (tertiary/aromatic N) is 1. The molecular weight excluding hydrogens is 224 g/mol. The first-order chi connectivity index (χ1) is 8.04. The molecule has 17 heavy (non-hydrogen) atoms. The molecule has 0 fully saturated rings. The Hall–Kier alpha value is -2.37. The van der Waals surface area contributed by atoms with Gasteiger partial charge in [0.1, 0.15) is 0 Å². The Kier molecular flexibility index (Phi) is 2.55. The SMILES string of the molecule is CCn1c(=O)[nH]c2cc(C(=O)[O-])ccc2c1=O. The number of rotatable bonds is 2. The largest absolute Gasteiger partial charge is 0.545 e. The fraction of sp³-hybridized carbons (Fsp3) is 0.182.